The third-order valence-electron chi connectivity index (χ3n) is 2.97. The van der Waals surface area contributed by atoms with Crippen molar-refractivity contribution in [3.63, 3.8) is 0 Å². The van der Waals surface area contributed by atoms with Crippen LogP contribution >= 0.6 is 11.9 Å². The first-order valence-corrected chi connectivity index (χ1v) is 7.84. The van der Waals surface area contributed by atoms with Crippen molar-refractivity contribution in [1.82, 2.24) is 4.57 Å². The van der Waals surface area contributed by atoms with Crippen molar-refractivity contribution in [2.75, 3.05) is 0 Å². The molecule has 0 spiro atoms. The fourth-order valence-electron chi connectivity index (χ4n) is 1.88. The minimum Gasteiger partial charge on any atom is -0.318 e. The van der Waals surface area contributed by atoms with Crippen LogP contribution in [0.25, 0.3) is 0 Å². The highest BCUT2D eigenvalue weighted by molar-refractivity contribution is 7.99. The first-order chi connectivity index (χ1) is 10.7. The maximum atomic E-state index is 14.2. The predicted molar refractivity (Wildman–Crippen MR) is 91.0 cm³/mol. The quantitative estimate of drug-likeness (QED) is 0.628. The lowest BCUT2D eigenvalue weighted by Gasteiger charge is -2.15. The van der Waals surface area contributed by atoms with Crippen LogP contribution in [-0.4, -0.2) is 15.0 Å². The van der Waals surface area contributed by atoms with Crippen molar-refractivity contribution in [3.8, 4) is 0 Å². The Kier molecular flexibility index (Phi) is 5.04. The molecule has 0 atom stereocenters. The van der Waals surface area contributed by atoms with Gasteiger partial charge in [0.05, 0.1) is 11.3 Å². The standard InChI is InChI=1S/C17H18F2N2OS/c1-17(2,3)23-20-15(12-6-5-9-21(4)16(12)22)13-10-11(18)7-8-14(13)19/h5-10H,1-4H3/b20-15+. The van der Waals surface area contributed by atoms with Crippen molar-refractivity contribution < 1.29 is 8.78 Å². The van der Waals surface area contributed by atoms with E-state index in [1.54, 1.807) is 25.4 Å². The van der Waals surface area contributed by atoms with Gasteiger partial charge in [0.2, 0.25) is 0 Å². The molecular weight excluding hydrogens is 318 g/mol. The summed E-state index contributed by atoms with van der Waals surface area (Å²) in [7, 11) is 1.60. The lowest BCUT2D eigenvalue weighted by atomic mass is 10.0. The van der Waals surface area contributed by atoms with Crippen LogP contribution in [0.15, 0.2) is 45.7 Å². The Morgan fingerprint density at radius 1 is 1.17 bits per heavy atom. The Balaban J connectivity index is 2.68. The fraction of sp³-hybridized carbons (Fsp3) is 0.294. The molecule has 1 heterocycles. The van der Waals surface area contributed by atoms with E-state index in [9.17, 15) is 13.6 Å². The molecule has 0 N–H and O–H groups in total. The van der Waals surface area contributed by atoms with Gasteiger partial charge in [-0.1, -0.05) is 0 Å². The van der Waals surface area contributed by atoms with E-state index in [2.05, 4.69) is 4.40 Å². The molecule has 6 heteroatoms. The van der Waals surface area contributed by atoms with Crippen LogP contribution in [0.5, 0.6) is 0 Å². The maximum Gasteiger partial charge on any atom is 0.259 e. The topological polar surface area (TPSA) is 34.4 Å². The Morgan fingerprint density at radius 2 is 1.87 bits per heavy atom. The van der Waals surface area contributed by atoms with Gasteiger partial charge >= 0.3 is 0 Å². The van der Waals surface area contributed by atoms with Gasteiger partial charge in [0.15, 0.2) is 0 Å². The van der Waals surface area contributed by atoms with Gasteiger partial charge < -0.3 is 4.57 Å². The van der Waals surface area contributed by atoms with Gasteiger partial charge in [0, 0.05) is 23.6 Å². The molecule has 0 unspecified atom stereocenters. The van der Waals surface area contributed by atoms with E-state index >= 15 is 0 Å². The summed E-state index contributed by atoms with van der Waals surface area (Å²) >= 11 is 1.21. The average molecular weight is 336 g/mol. The van der Waals surface area contributed by atoms with Gasteiger partial charge in [-0.3, -0.25) is 4.79 Å². The zero-order chi connectivity index (χ0) is 17.2. The SMILES string of the molecule is Cn1cccc(/C(=N\SC(C)(C)C)c2cc(F)ccc2F)c1=O. The highest BCUT2D eigenvalue weighted by Crippen LogP contribution is 2.27. The van der Waals surface area contributed by atoms with Crippen molar-refractivity contribution >= 4 is 17.7 Å². The van der Waals surface area contributed by atoms with Crippen molar-refractivity contribution in [3.05, 3.63) is 69.6 Å². The summed E-state index contributed by atoms with van der Waals surface area (Å²) in [6.07, 6.45) is 1.60. The molecule has 2 aromatic rings. The van der Waals surface area contributed by atoms with Gasteiger partial charge in [-0.25, -0.2) is 13.2 Å². The fourth-order valence-corrected chi connectivity index (χ4v) is 2.44. The highest BCUT2D eigenvalue weighted by atomic mass is 32.2. The van der Waals surface area contributed by atoms with E-state index in [0.717, 1.165) is 18.2 Å². The molecule has 0 saturated heterocycles. The number of aryl methyl sites for hydroxylation is 1. The van der Waals surface area contributed by atoms with E-state index in [4.69, 9.17) is 0 Å². The maximum absolute atomic E-state index is 14.2. The Hall–Kier alpha value is -1.95. The van der Waals surface area contributed by atoms with E-state index in [-0.39, 0.29) is 27.1 Å². The van der Waals surface area contributed by atoms with Crippen LogP contribution in [-0.2, 0) is 7.05 Å². The highest BCUT2D eigenvalue weighted by Gasteiger charge is 2.19. The van der Waals surface area contributed by atoms with Crippen LogP contribution < -0.4 is 5.56 Å². The molecule has 0 bridgehead atoms. The molecule has 1 aromatic heterocycles. The Morgan fingerprint density at radius 3 is 2.52 bits per heavy atom. The molecule has 0 fully saturated rings. The molecule has 0 aliphatic rings. The van der Waals surface area contributed by atoms with Gasteiger partial charge in [0.1, 0.15) is 11.6 Å². The largest absolute Gasteiger partial charge is 0.318 e. The van der Waals surface area contributed by atoms with E-state index in [0.29, 0.717) is 0 Å². The molecule has 0 aliphatic carbocycles. The summed E-state index contributed by atoms with van der Waals surface area (Å²) < 4.78 is 33.3. The molecule has 1 aromatic carbocycles. The number of hydrogen-bond donors (Lipinski definition) is 0. The monoisotopic (exact) mass is 336 g/mol. The first-order valence-electron chi connectivity index (χ1n) is 7.06. The van der Waals surface area contributed by atoms with Gasteiger partial charge in [-0.15, -0.1) is 0 Å². The molecular formula is C17H18F2N2OS. The number of aromatic nitrogens is 1. The number of hydrogen-bond acceptors (Lipinski definition) is 3. The van der Waals surface area contributed by atoms with E-state index in [1.165, 1.54) is 16.5 Å². The number of rotatable bonds is 3. The molecule has 0 amide bonds. The summed E-state index contributed by atoms with van der Waals surface area (Å²) in [5, 5.41) is 0. The van der Waals surface area contributed by atoms with Crippen molar-refractivity contribution in [1.29, 1.82) is 0 Å². The first kappa shape index (κ1) is 17.4. The number of halogens is 2. The minimum absolute atomic E-state index is 0.0231. The van der Waals surface area contributed by atoms with Gasteiger partial charge in [-0.05, 0) is 63.1 Å². The second-order valence-corrected chi connectivity index (χ2v) is 7.70. The molecule has 0 aliphatic heterocycles. The van der Waals surface area contributed by atoms with E-state index in [1.807, 2.05) is 20.8 Å². The second-order valence-electron chi connectivity index (χ2n) is 6.11. The third kappa shape index (κ3) is 4.28. The normalized spacial score (nSPS) is 12.5. The van der Waals surface area contributed by atoms with Crippen molar-refractivity contribution in [2.45, 2.75) is 25.5 Å². The molecule has 122 valence electrons. The Labute approximate surface area is 138 Å². The third-order valence-corrected chi connectivity index (χ3v) is 3.79. The van der Waals surface area contributed by atoms with Crippen LogP contribution in [0.2, 0.25) is 0 Å². The van der Waals surface area contributed by atoms with Gasteiger partial charge in [-0.2, -0.15) is 0 Å². The lowest BCUT2D eigenvalue weighted by Crippen LogP contribution is -2.25. The summed E-state index contributed by atoms with van der Waals surface area (Å²) in [4.78, 5) is 12.4. The lowest BCUT2D eigenvalue weighted by molar-refractivity contribution is 0.598. The van der Waals surface area contributed by atoms with Crippen LogP contribution in [0.1, 0.15) is 31.9 Å². The Bertz CT molecular complexity index is 807. The zero-order valence-electron chi connectivity index (χ0n) is 13.4. The van der Waals surface area contributed by atoms with Crippen molar-refractivity contribution in [2.24, 2.45) is 11.4 Å². The summed E-state index contributed by atoms with van der Waals surface area (Å²) in [5.74, 6) is -1.20. The minimum atomic E-state index is -0.620. The molecule has 2 rings (SSSR count). The smallest absolute Gasteiger partial charge is 0.259 e. The zero-order valence-corrected chi connectivity index (χ0v) is 14.2. The van der Waals surface area contributed by atoms with Crippen LogP contribution in [0.3, 0.4) is 0 Å². The summed E-state index contributed by atoms with van der Waals surface area (Å²) in [5.41, 5.74) is 0.0360. The van der Waals surface area contributed by atoms with Crippen LogP contribution in [0.4, 0.5) is 8.78 Å². The number of pyridine rings is 1. The molecule has 0 radical (unpaired) electrons. The molecule has 0 saturated carbocycles. The predicted octanol–water partition coefficient (Wildman–Crippen LogP) is 3.95. The second kappa shape index (κ2) is 6.66. The molecule has 23 heavy (non-hydrogen) atoms. The molecule has 3 nitrogen and oxygen atoms in total. The average Bonchev–Trinajstić information content (AvgIpc) is 2.45. The van der Waals surface area contributed by atoms with Crippen LogP contribution in [0, 0.1) is 11.6 Å². The summed E-state index contributed by atoms with van der Waals surface area (Å²) in [6, 6.07) is 6.37. The number of benzene rings is 1. The number of nitrogens with zero attached hydrogens (tertiary/aromatic N) is 2. The summed E-state index contributed by atoms with van der Waals surface area (Å²) in [6.45, 7) is 5.84. The van der Waals surface area contributed by atoms with E-state index < -0.39 is 11.6 Å². The van der Waals surface area contributed by atoms with Gasteiger partial charge in [0.25, 0.3) is 5.56 Å².